The van der Waals surface area contributed by atoms with E-state index < -0.39 is 17.5 Å². The van der Waals surface area contributed by atoms with E-state index in [1.54, 1.807) is 0 Å². The topological polar surface area (TPSA) is 57.5 Å². The van der Waals surface area contributed by atoms with Gasteiger partial charge in [-0.05, 0) is 26.3 Å². The highest BCUT2D eigenvalue weighted by molar-refractivity contribution is 6.49. The zero-order valence-corrected chi connectivity index (χ0v) is 13.2. The van der Waals surface area contributed by atoms with E-state index in [0.717, 1.165) is 0 Å². The number of hydrogen-bond acceptors (Lipinski definition) is 2. The van der Waals surface area contributed by atoms with Gasteiger partial charge in [0.15, 0.2) is 0 Å². The zero-order chi connectivity index (χ0) is 15.0. The molecule has 0 bridgehead atoms. The lowest BCUT2D eigenvalue weighted by Crippen LogP contribution is -2.26. The molecule has 2 N–H and O–H groups in total. The Bertz CT molecular complexity index is 514. The van der Waals surface area contributed by atoms with Gasteiger partial charge in [0.25, 0.3) is 0 Å². The summed E-state index contributed by atoms with van der Waals surface area (Å²) in [5, 5.41) is 19.6. The highest BCUT2D eigenvalue weighted by Crippen LogP contribution is 2.43. The van der Waals surface area contributed by atoms with Gasteiger partial charge in [-0.15, -0.1) is 0 Å². The molecule has 0 radical (unpaired) electrons. The fourth-order valence-corrected chi connectivity index (χ4v) is 2.73. The summed E-state index contributed by atoms with van der Waals surface area (Å²) in [5.41, 5.74) is -0.940. The highest BCUT2D eigenvalue weighted by atomic mass is 35.5. The van der Waals surface area contributed by atoms with Crippen molar-refractivity contribution >= 4 is 52.4 Å². The summed E-state index contributed by atoms with van der Waals surface area (Å²) in [7, 11) is 0. The van der Waals surface area contributed by atoms with Crippen molar-refractivity contribution in [3.63, 3.8) is 0 Å². The molecule has 19 heavy (non-hydrogen) atoms. The van der Waals surface area contributed by atoms with Crippen LogP contribution in [0.5, 0.6) is 0 Å². The van der Waals surface area contributed by atoms with Crippen molar-refractivity contribution < 1.29 is 15.0 Å². The summed E-state index contributed by atoms with van der Waals surface area (Å²) in [5.74, 6) is -1.03. The molecule has 0 fully saturated rings. The van der Waals surface area contributed by atoms with Gasteiger partial charge in [0.05, 0.1) is 26.6 Å². The maximum Gasteiger partial charge on any atom is 0.309 e. The molecule has 0 aliphatic heterocycles. The van der Waals surface area contributed by atoms with E-state index in [0.29, 0.717) is 0 Å². The first-order chi connectivity index (χ1) is 8.58. The molecule has 0 aliphatic rings. The minimum Gasteiger partial charge on any atom is -0.481 e. The molecule has 1 rings (SSSR count). The van der Waals surface area contributed by atoms with Crippen LogP contribution in [0, 0.1) is 5.41 Å². The third-order valence-corrected chi connectivity index (χ3v) is 4.35. The molecule has 106 valence electrons. The Hall–Kier alpha value is -0.190. The van der Waals surface area contributed by atoms with Gasteiger partial charge in [0.2, 0.25) is 0 Å². The molecule has 3 nitrogen and oxygen atoms in total. The number of carboxylic acids is 1. The summed E-state index contributed by atoms with van der Waals surface area (Å²) in [4.78, 5) is 11.1. The average Bonchev–Trinajstić information content (AvgIpc) is 2.25. The molecule has 1 atom stereocenters. The summed E-state index contributed by atoms with van der Waals surface area (Å²) in [6, 6.07) is 1.36. The van der Waals surface area contributed by atoms with E-state index in [1.165, 1.54) is 19.9 Å². The maximum atomic E-state index is 11.1. The van der Waals surface area contributed by atoms with E-state index in [1.807, 2.05) is 0 Å². The van der Waals surface area contributed by atoms with Crippen LogP contribution in [0.15, 0.2) is 6.07 Å². The van der Waals surface area contributed by atoms with Gasteiger partial charge in [-0.2, -0.15) is 0 Å². The number of aliphatic hydroxyl groups is 1. The highest BCUT2D eigenvalue weighted by Gasteiger charge is 2.32. The fraction of sp³-hybridized carbons (Fsp3) is 0.417. The quantitative estimate of drug-likeness (QED) is 0.606. The predicted octanol–water partition coefficient (Wildman–Crippen LogP) is 4.83. The van der Waals surface area contributed by atoms with Gasteiger partial charge >= 0.3 is 5.97 Å². The largest absolute Gasteiger partial charge is 0.481 e. The lowest BCUT2D eigenvalue weighted by Gasteiger charge is -2.24. The molecule has 0 saturated heterocycles. The molecule has 0 aliphatic carbocycles. The van der Waals surface area contributed by atoms with Crippen LogP contribution >= 0.6 is 46.4 Å². The average molecular weight is 346 g/mol. The Balaban J connectivity index is 3.18. The first kappa shape index (κ1) is 16.9. The Morgan fingerprint density at radius 3 is 2.21 bits per heavy atom. The number of benzene rings is 1. The summed E-state index contributed by atoms with van der Waals surface area (Å²) >= 11 is 23.7. The molecule has 1 aromatic rings. The summed E-state index contributed by atoms with van der Waals surface area (Å²) < 4.78 is 0. The fourth-order valence-electron chi connectivity index (χ4n) is 1.56. The lowest BCUT2D eigenvalue weighted by molar-refractivity contribution is -0.148. The van der Waals surface area contributed by atoms with Crippen LogP contribution in [0.2, 0.25) is 20.1 Å². The number of aliphatic carboxylic acids is 1. The molecule has 0 amide bonds. The predicted molar refractivity (Wildman–Crippen MR) is 77.5 cm³/mol. The van der Waals surface area contributed by atoms with E-state index in [9.17, 15) is 9.90 Å². The van der Waals surface area contributed by atoms with Crippen molar-refractivity contribution in [3.05, 3.63) is 31.7 Å². The minimum absolute atomic E-state index is 0.0351. The second-order valence-electron chi connectivity index (χ2n) is 4.79. The monoisotopic (exact) mass is 344 g/mol. The van der Waals surface area contributed by atoms with Crippen LogP contribution in [0.3, 0.4) is 0 Å². The Kier molecular flexibility index (Phi) is 5.38. The third kappa shape index (κ3) is 3.67. The van der Waals surface area contributed by atoms with Crippen LogP contribution < -0.4 is 0 Å². The number of carboxylic acid groups (broad SMARTS) is 1. The second kappa shape index (κ2) is 6.06. The van der Waals surface area contributed by atoms with Gasteiger partial charge in [-0.25, -0.2) is 0 Å². The maximum absolute atomic E-state index is 11.1. The number of halogens is 4. The van der Waals surface area contributed by atoms with Crippen LogP contribution in [0.25, 0.3) is 0 Å². The van der Waals surface area contributed by atoms with Crippen molar-refractivity contribution in [2.45, 2.75) is 26.4 Å². The Morgan fingerprint density at radius 2 is 1.74 bits per heavy atom. The molecule has 0 spiro atoms. The van der Waals surface area contributed by atoms with Crippen molar-refractivity contribution in [3.8, 4) is 0 Å². The summed E-state index contributed by atoms with van der Waals surface area (Å²) in [6.07, 6.45) is -1.21. The Morgan fingerprint density at radius 1 is 1.21 bits per heavy atom. The van der Waals surface area contributed by atoms with Gasteiger partial charge in [0.1, 0.15) is 0 Å². The molecule has 0 aromatic heterocycles. The van der Waals surface area contributed by atoms with E-state index in [2.05, 4.69) is 0 Å². The van der Waals surface area contributed by atoms with Crippen molar-refractivity contribution in [2.24, 2.45) is 5.41 Å². The summed E-state index contributed by atoms with van der Waals surface area (Å²) in [6.45, 7) is 3.00. The molecule has 1 unspecified atom stereocenters. The third-order valence-electron chi connectivity index (χ3n) is 2.77. The Labute approximate surface area is 131 Å². The molecule has 7 heteroatoms. The van der Waals surface area contributed by atoms with E-state index in [4.69, 9.17) is 51.5 Å². The van der Waals surface area contributed by atoms with Crippen molar-refractivity contribution in [1.82, 2.24) is 0 Å². The van der Waals surface area contributed by atoms with Crippen LogP contribution in [-0.4, -0.2) is 16.2 Å². The standard InChI is InChI=1S/C12H12Cl4O3/c1-12(2,11(18)19)4-7(17)8-5(13)3-6(14)9(15)10(8)16/h3,7,17H,4H2,1-2H3,(H,18,19). The van der Waals surface area contributed by atoms with E-state index in [-0.39, 0.29) is 32.1 Å². The zero-order valence-electron chi connectivity index (χ0n) is 10.2. The van der Waals surface area contributed by atoms with Gasteiger partial charge in [-0.3, -0.25) is 4.79 Å². The van der Waals surface area contributed by atoms with Gasteiger partial charge < -0.3 is 10.2 Å². The van der Waals surface area contributed by atoms with Gasteiger partial charge in [-0.1, -0.05) is 46.4 Å². The van der Waals surface area contributed by atoms with Gasteiger partial charge in [0, 0.05) is 10.6 Å². The van der Waals surface area contributed by atoms with Crippen molar-refractivity contribution in [2.75, 3.05) is 0 Å². The lowest BCUT2D eigenvalue weighted by atomic mass is 9.85. The van der Waals surface area contributed by atoms with Crippen molar-refractivity contribution in [1.29, 1.82) is 0 Å². The van der Waals surface area contributed by atoms with Crippen LogP contribution in [0.4, 0.5) is 0 Å². The number of rotatable bonds is 4. The molecular weight excluding hydrogens is 334 g/mol. The van der Waals surface area contributed by atoms with Crippen LogP contribution in [0.1, 0.15) is 31.9 Å². The smallest absolute Gasteiger partial charge is 0.309 e. The molecule has 0 heterocycles. The van der Waals surface area contributed by atoms with Crippen LogP contribution in [-0.2, 0) is 4.79 Å². The number of hydrogen-bond donors (Lipinski definition) is 2. The molecular formula is C12H12Cl4O3. The molecule has 0 saturated carbocycles. The SMILES string of the molecule is CC(C)(CC(O)c1c(Cl)cc(Cl)c(Cl)c1Cl)C(=O)O. The molecule has 1 aromatic carbocycles. The normalized spacial score (nSPS) is 13.4. The second-order valence-corrected chi connectivity index (χ2v) is 6.36. The number of carbonyl (C=O) groups is 1. The number of aliphatic hydroxyl groups excluding tert-OH is 1. The first-order valence-corrected chi connectivity index (χ1v) is 6.83. The van der Waals surface area contributed by atoms with E-state index >= 15 is 0 Å². The minimum atomic E-state index is -1.15. The first-order valence-electron chi connectivity index (χ1n) is 5.32.